The second-order valence-electron chi connectivity index (χ2n) is 3.52. The molecule has 3 nitrogen and oxygen atoms in total. The second-order valence-corrected chi connectivity index (χ2v) is 3.52. The van der Waals surface area contributed by atoms with E-state index < -0.39 is 0 Å². The predicted molar refractivity (Wildman–Crippen MR) is 58.5 cm³/mol. The van der Waals surface area contributed by atoms with Gasteiger partial charge in [0.2, 0.25) is 0 Å². The van der Waals surface area contributed by atoms with Crippen molar-refractivity contribution in [2.45, 2.75) is 20.8 Å². The molecule has 82 valence electrons. The van der Waals surface area contributed by atoms with Crippen LogP contribution in [-0.2, 0) is 4.74 Å². The summed E-state index contributed by atoms with van der Waals surface area (Å²) in [5.74, 6) is 0.529. The van der Waals surface area contributed by atoms with Crippen LogP contribution in [0.3, 0.4) is 0 Å². The zero-order valence-electron chi connectivity index (χ0n) is 9.80. The molecule has 0 heterocycles. The van der Waals surface area contributed by atoms with Crippen molar-refractivity contribution in [3.63, 3.8) is 0 Å². The van der Waals surface area contributed by atoms with Crippen LogP contribution in [0.15, 0.2) is 6.07 Å². The normalized spacial score (nSPS) is 9.93. The molecule has 0 N–H and O–H groups in total. The van der Waals surface area contributed by atoms with E-state index in [-0.39, 0.29) is 5.97 Å². The van der Waals surface area contributed by atoms with Crippen LogP contribution in [0.1, 0.15) is 27.0 Å². The van der Waals surface area contributed by atoms with E-state index in [1.807, 2.05) is 20.8 Å². The SMILES string of the molecule is COC(=O)c1cc(C)c(OC)c(C)c1C. The number of hydrogen-bond acceptors (Lipinski definition) is 3. The van der Waals surface area contributed by atoms with Gasteiger partial charge >= 0.3 is 5.97 Å². The fourth-order valence-electron chi connectivity index (χ4n) is 1.69. The molecule has 0 radical (unpaired) electrons. The molecule has 1 rings (SSSR count). The van der Waals surface area contributed by atoms with Crippen LogP contribution in [0.25, 0.3) is 0 Å². The van der Waals surface area contributed by atoms with Gasteiger partial charge in [-0.3, -0.25) is 0 Å². The first-order valence-corrected chi connectivity index (χ1v) is 4.76. The first kappa shape index (κ1) is 11.6. The van der Waals surface area contributed by atoms with Gasteiger partial charge in [-0.2, -0.15) is 0 Å². The molecule has 0 aliphatic carbocycles. The highest BCUT2D eigenvalue weighted by Gasteiger charge is 2.15. The minimum absolute atomic E-state index is 0.304. The van der Waals surface area contributed by atoms with Crippen molar-refractivity contribution in [3.8, 4) is 5.75 Å². The lowest BCUT2D eigenvalue weighted by molar-refractivity contribution is 0.0599. The van der Waals surface area contributed by atoms with E-state index in [0.717, 1.165) is 22.4 Å². The number of rotatable bonds is 2. The summed E-state index contributed by atoms with van der Waals surface area (Å²) in [5.41, 5.74) is 3.44. The molecule has 0 saturated carbocycles. The first-order valence-electron chi connectivity index (χ1n) is 4.76. The number of carbonyl (C=O) groups is 1. The van der Waals surface area contributed by atoms with Crippen LogP contribution in [0, 0.1) is 20.8 Å². The average Bonchev–Trinajstić information content (AvgIpc) is 2.23. The van der Waals surface area contributed by atoms with E-state index in [9.17, 15) is 4.79 Å². The van der Waals surface area contributed by atoms with Crippen molar-refractivity contribution in [1.29, 1.82) is 0 Å². The quantitative estimate of drug-likeness (QED) is 0.700. The Morgan fingerprint density at radius 1 is 1.13 bits per heavy atom. The Morgan fingerprint density at radius 3 is 2.20 bits per heavy atom. The number of esters is 1. The average molecular weight is 208 g/mol. The van der Waals surface area contributed by atoms with Gasteiger partial charge in [-0.15, -0.1) is 0 Å². The van der Waals surface area contributed by atoms with Crippen LogP contribution in [0.5, 0.6) is 5.75 Å². The Morgan fingerprint density at radius 2 is 1.73 bits per heavy atom. The zero-order valence-corrected chi connectivity index (χ0v) is 9.80. The third-order valence-corrected chi connectivity index (χ3v) is 2.64. The van der Waals surface area contributed by atoms with Crippen LogP contribution in [0.4, 0.5) is 0 Å². The lowest BCUT2D eigenvalue weighted by atomic mass is 9.99. The summed E-state index contributed by atoms with van der Waals surface area (Å²) >= 11 is 0. The maximum atomic E-state index is 11.5. The monoisotopic (exact) mass is 208 g/mol. The molecule has 0 unspecified atom stereocenters. The minimum Gasteiger partial charge on any atom is -0.496 e. The number of hydrogen-bond donors (Lipinski definition) is 0. The van der Waals surface area contributed by atoms with Gasteiger partial charge in [-0.25, -0.2) is 4.79 Å². The van der Waals surface area contributed by atoms with Crippen molar-refractivity contribution >= 4 is 5.97 Å². The Kier molecular flexibility index (Phi) is 3.35. The van der Waals surface area contributed by atoms with Crippen LogP contribution in [0.2, 0.25) is 0 Å². The van der Waals surface area contributed by atoms with Gasteiger partial charge in [0.25, 0.3) is 0 Å². The number of benzene rings is 1. The molecular weight excluding hydrogens is 192 g/mol. The number of carbonyl (C=O) groups excluding carboxylic acids is 1. The summed E-state index contributed by atoms with van der Waals surface area (Å²) in [4.78, 5) is 11.5. The Labute approximate surface area is 90.0 Å². The van der Waals surface area contributed by atoms with Gasteiger partial charge in [-0.1, -0.05) is 0 Å². The molecule has 0 aromatic heterocycles. The first-order chi connectivity index (χ1) is 7.02. The van der Waals surface area contributed by atoms with Crippen LogP contribution < -0.4 is 4.74 Å². The van der Waals surface area contributed by atoms with Crippen molar-refractivity contribution in [3.05, 3.63) is 28.3 Å². The molecule has 15 heavy (non-hydrogen) atoms. The summed E-state index contributed by atoms with van der Waals surface area (Å²) in [6.45, 7) is 5.74. The molecule has 1 aromatic carbocycles. The molecule has 1 aromatic rings. The van der Waals surface area contributed by atoms with Crippen LogP contribution in [-0.4, -0.2) is 20.2 Å². The molecule has 0 aliphatic heterocycles. The second kappa shape index (κ2) is 4.34. The molecule has 0 saturated heterocycles. The molecule has 0 amide bonds. The maximum absolute atomic E-state index is 11.5. The summed E-state index contributed by atoms with van der Waals surface area (Å²) in [6, 6.07) is 1.80. The van der Waals surface area contributed by atoms with Crippen molar-refractivity contribution < 1.29 is 14.3 Å². The van der Waals surface area contributed by atoms with Crippen molar-refractivity contribution in [2.75, 3.05) is 14.2 Å². The summed E-state index contributed by atoms with van der Waals surface area (Å²) in [7, 11) is 3.02. The third kappa shape index (κ3) is 1.96. The lowest BCUT2D eigenvalue weighted by Gasteiger charge is -2.14. The fraction of sp³-hybridized carbons (Fsp3) is 0.417. The predicted octanol–water partition coefficient (Wildman–Crippen LogP) is 2.41. The maximum Gasteiger partial charge on any atom is 0.338 e. The molecule has 0 aliphatic rings. The molecular formula is C12H16O3. The van der Waals surface area contributed by atoms with E-state index in [1.165, 1.54) is 7.11 Å². The van der Waals surface area contributed by atoms with E-state index in [4.69, 9.17) is 9.47 Å². The standard InChI is InChI=1S/C12H16O3/c1-7-6-10(12(13)15-5)8(2)9(3)11(7)14-4/h6H,1-5H3. The smallest absolute Gasteiger partial charge is 0.338 e. The van der Waals surface area contributed by atoms with Gasteiger partial charge < -0.3 is 9.47 Å². The van der Waals surface area contributed by atoms with Crippen LogP contribution >= 0.6 is 0 Å². The molecule has 0 atom stereocenters. The van der Waals surface area contributed by atoms with Gasteiger partial charge in [-0.05, 0) is 43.5 Å². The molecule has 0 spiro atoms. The topological polar surface area (TPSA) is 35.5 Å². The highest BCUT2D eigenvalue weighted by atomic mass is 16.5. The molecule has 3 heteroatoms. The van der Waals surface area contributed by atoms with E-state index in [1.54, 1.807) is 13.2 Å². The Bertz CT molecular complexity index is 394. The number of ether oxygens (including phenoxy) is 2. The summed E-state index contributed by atoms with van der Waals surface area (Å²) in [6.07, 6.45) is 0. The molecule has 0 fully saturated rings. The van der Waals surface area contributed by atoms with E-state index in [0.29, 0.717) is 5.56 Å². The zero-order chi connectivity index (χ0) is 11.6. The highest BCUT2D eigenvalue weighted by Crippen LogP contribution is 2.28. The number of methoxy groups -OCH3 is 2. The van der Waals surface area contributed by atoms with E-state index >= 15 is 0 Å². The Hall–Kier alpha value is -1.51. The highest BCUT2D eigenvalue weighted by molar-refractivity contribution is 5.92. The summed E-state index contributed by atoms with van der Waals surface area (Å²) < 4.78 is 9.99. The third-order valence-electron chi connectivity index (χ3n) is 2.64. The summed E-state index contributed by atoms with van der Waals surface area (Å²) in [5, 5.41) is 0. The largest absolute Gasteiger partial charge is 0.496 e. The van der Waals surface area contributed by atoms with Gasteiger partial charge in [0.1, 0.15) is 5.75 Å². The fourth-order valence-corrected chi connectivity index (χ4v) is 1.69. The minimum atomic E-state index is -0.304. The van der Waals surface area contributed by atoms with Gasteiger partial charge in [0.15, 0.2) is 0 Å². The van der Waals surface area contributed by atoms with E-state index in [2.05, 4.69) is 0 Å². The van der Waals surface area contributed by atoms with Gasteiger partial charge in [0.05, 0.1) is 19.8 Å². The van der Waals surface area contributed by atoms with Crippen molar-refractivity contribution in [2.24, 2.45) is 0 Å². The lowest BCUT2D eigenvalue weighted by Crippen LogP contribution is -2.07. The van der Waals surface area contributed by atoms with Crippen molar-refractivity contribution in [1.82, 2.24) is 0 Å². The number of aryl methyl sites for hydroxylation is 1. The Balaban J connectivity index is 3.40. The molecule has 0 bridgehead atoms. The van der Waals surface area contributed by atoms with Gasteiger partial charge in [0, 0.05) is 0 Å².